The van der Waals surface area contributed by atoms with E-state index in [1.165, 1.54) is 31.7 Å². The van der Waals surface area contributed by atoms with Crippen LogP contribution >= 0.6 is 11.3 Å². The molecule has 1 heteroatoms. The first-order valence-corrected chi connectivity index (χ1v) is 8.68. The van der Waals surface area contributed by atoms with Gasteiger partial charge in [0, 0.05) is 15.0 Å². The highest BCUT2D eigenvalue weighted by molar-refractivity contribution is 7.19. The van der Waals surface area contributed by atoms with Gasteiger partial charge in [-0.1, -0.05) is 26.3 Å². The van der Waals surface area contributed by atoms with E-state index in [0.29, 0.717) is 0 Å². The minimum atomic E-state index is 0.194. The van der Waals surface area contributed by atoms with Gasteiger partial charge >= 0.3 is 0 Å². The molecule has 0 saturated heterocycles. The van der Waals surface area contributed by atoms with Crippen LogP contribution in [0.25, 0.3) is 15.7 Å². The highest BCUT2D eigenvalue weighted by Crippen LogP contribution is 2.48. The maximum Gasteiger partial charge on any atom is 0.0429 e. The molecule has 0 aliphatic heterocycles. The Labute approximate surface area is 132 Å². The van der Waals surface area contributed by atoms with Crippen molar-refractivity contribution in [3.8, 4) is 0 Å². The van der Waals surface area contributed by atoms with Crippen molar-refractivity contribution in [1.29, 1.82) is 0 Å². The molecule has 0 amide bonds. The molecule has 0 saturated carbocycles. The van der Waals surface area contributed by atoms with E-state index in [-0.39, 0.29) is 5.41 Å². The number of rotatable bonds is 0. The zero-order valence-electron chi connectivity index (χ0n) is 14.6. The molecule has 2 aromatic rings. The summed E-state index contributed by atoms with van der Waals surface area (Å²) in [5.41, 5.74) is 11.0. The maximum absolute atomic E-state index is 2.36. The number of thiophene rings is 1. The molecule has 21 heavy (non-hydrogen) atoms. The fourth-order valence-electron chi connectivity index (χ4n) is 3.93. The van der Waals surface area contributed by atoms with E-state index in [0.717, 1.165) is 6.42 Å². The lowest BCUT2D eigenvalue weighted by Crippen LogP contribution is -2.15. The molecule has 0 nitrogen and oxygen atoms in total. The zero-order valence-corrected chi connectivity index (χ0v) is 15.4. The minimum absolute atomic E-state index is 0.194. The fraction of sp³-hybridized carbons (Fsp3) is 0.500. The van der Waals surface area contributed by atoms with Crippen LogP contribution in [0.4, 0.5) is 0 Å². The number of hydrogen-bond acceptors (Lipinski definition) is 1. The van der Waals surface area contributed by atoms with Gasteiger partial charge in [-0.15, -0.1) is 11.3 Å². The molecule has 0 spiro atoms. The number of fused-ring (bicyclic) bond motifs is 3. The molecule has 1 aliphatic carbocycles. The summed E-state index contributed by atoms with van der Waals surface area (Å²) in [6, 6.07) is 0. The lowest BCUT2D eigenvalue weighted by molar-refractivity contribution is 0.591. The van der Waals surface area contributed by atoms with Crippen molar-refractivity contribution in [2.75, 3.05) is 0 Å². The Morgan fingerprint density at radius 2 is 1.52 bits per heavy atom. The number of hydrogen-bond donors (Lipinski definition) is 0. The second kappa shape index (κ2) is 4.46. The molecular weight excluding hydrogens is 272 g/mol. The molecule has 0 unspecified atom stereocenters. The van der Waals surface area contributed by atoms with Gasteiger partial charge in [0.05, 0.1) is 0 Å². The first-order chi connectivity index (χ1) is 9.64. The van der Waals surface area contributed by atoms with Crippen LogP contribution in [0.5, 0.6) is 0 Å². The molecule has 0 fully saturated rings. The van der Waals surface area contributed by atoms with E-state index in [4.69, 9.17) is 0 Å². The van der Waals surface area contributed by atoms with Crippen LogP contribution in [0.2, 0.25) is 0 Å². The summed E-state index contributed by atoms with van der Waals surface area (Å²) in [4.78, 5) is 1.47. The molecule has 1 aromatic heterocycles. The summed E-state index contributed by atoms with van der Waals surface area (Å²) in [6.07, 6.45) is 1.14. The third kappa shape index (κ3) is 1.93. The first-order valence-electron chi connectivity index (χ1n) is 7.87. The van der Waals surface area contributed by atoms with E-state index < -0.39 is 0 Å². The van der Waals surface area contributed by atoms with Crippen molar-refractivity contribution < 1.29 is 0 Å². The number of allylic oxidation sites excluding steroid dienone is 2. The second-order valence-electron chi connectivity index (χ2n) is 7.67. The van der Waals surface area contributed by atoms with Crippen LogP contribution < -0.4 is 0 Å². The molecule has 1 aromatic carbocycles. The highest BCUT2D eigenvalue weighted by atomic mass is 32.1. The normalized spacial score (nSPS) is 15.2. The van der Waals surface area contributed by atoms with E-state index in [1.54, 1.807) is 22.3 Å². The number of benzene rings is 1. The fourth-order valence-corrected chi connectivity index (χ4v) is 5.23. The quantitative estimate of drug-likeness (QED) is 0.522. The van der Waals surface area contributed by atoms with E-state index in [2.05, 4.69) is 55.4 Å². The highest BCUT2D eigenvalue weighted by Gasteiger charge is 2.30. The lowest BCUT2D eigenvalue weighted by atomic mass is 9.78. The van der Waals surface area contributed by atoms with Gasteiger partial charge in [0.15, 0.2) is 0 Å². The third-order valence-electron chi connectivity index (χ3n) is 5.20. The van der Waals surface area contributed by atoms with Crippen molar-refractivity contribution in [1.82, 2.24) is 0 Å². The third-order valence-corrected chi connectivity index (χ3v) is 6.42. The summed E-state index contributed by atoms with van der Waals surface area (Å²) >= 11 is 1.99. The minimum Gasteiger partial charge on any atom is -0.140 e. The Kier molecular flexibility index (Phi) is 3.15. The second-order valence-corrected chi connectivity index (χ2v) is 8.90. The van der Waals surface area contributed by atoms with Gasteiger partial charge < -0.3 is 0 Å². The van der Waals surface area contributed by atoms with Crippen LogP contribution in [0.15, 0.2) is 5.57 Å². The van der Waals surface area contributed by atoms with Crippen LogP contribution in [-0.2, 0) is 11.8 Å². The Morgan fingerprint density at radius 1 is 0.905 bits per heavy atom. The Balaban J connectivity index is 2.57. The van der Waals surface area contributed by atoms with E-state index in [9.17, 15) is 0 Å². The van der Waals surface area contributed by atoms with Crippen molar-refractivity contribution in [3.05, 3.63) is 38.3 Å². The molecule has 1 aliphatic rings. The van der Waals surface area contributed by atoms with Crippen molar-refractivity contribution >= 4 is 27.0 Å². The number of aryl methyl sites for hydroxylation is 2. The predicted molar refractivity (Wildman–Crippen MR) is 96.7 cm³/mol. The van der Waals surface area contributed by atoms with Gasteiger partial charge in [-0.3, -0.25) is 0 Å². The molecule has 0 radical (unpaired) electrons. The topological polar surface area (TPSA) is 0 Å². The maximum atomic E-state index is 2.36. The van der Waals surface area contributed by atoms with Gasteiger partial charge in [0.25, 0.3) is 0 Å². The monoisotopic (exact) mass is 298 g/mol. The largest absolute Gasteiger partial charge is 0.140 e. The lowest BCUT2D eigenvalue weighted by Gasteiger charge is -2.26. The van der Waals surface area contributed by atoms with E-state index in [1.807, 2.05) is 11.3 Å². The van der Waals surface area contributed by atoms with Crippen LogP contribution in [0, 0.1) is 20.8 Å². The Bertz CT molecular complexity index is 792. The molecule has 0 bridgehead atoms. The Hall–Kier alpha value is -1.08. The van der Waals surface area contributed by atoms with Gasteiger partial charge in [-0.25, -0.2) is 0 Å². The van der Waals surface area contributed by atoms with Crippen LogP contribution in [0.1, 0.15) is 67.3 Å². The van der Waals surface area contributed by atoms with Gasteiger partial charge in [-0.2, -0.15) is 0 Å². The summed E-state index contributed by atoms with van der Waals surface area (Å²) < 4.78 is 1.53. The van der Waals surface area contributed by atoms with E-state index >= 15 is 0 Å². The van der Waals surface area contributed by atoms with Gasteiger partial charge in [0.1, 0.15) is 0 Å². The van der Waals surface area contributed by atoms with Gasteiger partial charge in [-0.05, 0) is 79.8 Å². The summed E-state index contributed by atoms with van der Waals surface area (Å²) in [7, 11) is 0. The first kappa shape index (κ1) is 14.8. The standard InChI is InChI=1S/C20H26S/c1-10-9-15-13(4)18(20(6,7)8)17-12(3)14(5)21-19(17)16(15)11(10)2/h9H2,1-8H3. The molecule has 3 rings (SSSR count). The molecular formula is C20H26S. The van der Waals surface area contributed by atoms with Gasteiger partial charge in [0.2, 0.25) is 0 Å². The Morgan fingerprint density at radius 3 is 2.10 bits per heavy atom. The van der Waals surface area contributed by atoms with Crippen molar-refractivity contribution in [3.63, 3.8) is 0 Å². The summed E-state index contributed by atoms with van der Waals surface area (Å²) in [5.74, 6) is 0. The molecule has 1 heterocycles. The zero-order chi connectivity index (χ0) is 15.7. The SMILES string of the molecule is CC1=C(C)c2c(c(C)c(C(C)(C)C)c3c(C)c(C)sc23)C1. The van der Waals surface area contributed by atoms with Crippen molar-refractivity contribution in [2.45, 2.75) is 67.2 Å². The summed E-state index contributed by atoms with van der Waals surface area (Å²) in [5, 5.41) is 1.54. The molecule has 112 valence electrons. The van der Waals surface area contributed by atoms with Crippen LogP contribution in [0.3, 0.4) is 0 Å². The van der Waals surface area contributed by atoms with Crippen LogP contribution in [-0.4, -0.2) is 0 Å². The van der Waals surface area contributed by atoms with Crippen molar-refractivity contribution in [2.24, 2.45) is 0 Å². The molecule has 0 N–H and O–H groups in total. The average molecular weight is 298 g/mol. The average Bonchev–Trinajstić information content (AvgIpc) is 2.80. The predicted octanol–water partition coefficient (Wildman–Crippen LogP) is 6.47. The smallest absolute Gasteiger partial charge is 0.0429 e. The molecule has 0 atom stereocenters. The summed E-state index contributed by atoms with van der Waals surface area (Å²) in [6.45, 7) is 18.6.